The third-order valence-electron chi connectivity index (χ3n) is 5.00. The van der Waals surface area contributed by atoms with Crippen molar-refractivity contribution in [3.8, 4) is 0 Å². The average molecular weight is 385 g/mol. The highest BCUT2D eigenvalue weighted by Gasteiger charge is 2.33. The molecule has 4 rings (SSSR count). The Hall–Kier alpha value is -2.53. The SMILES string of the molecule is O=C(CCCn1c(=O)oc2ccccc21)NC(c1ccc(Cl)cc1)C1CC1. The lowest BCUT2D eigenvalue weighted by Gasteiger charge is -2.19. The molecule has 1 unspecified atom stereocenters. The van der Waals surface area contributed by atoms with Crippen molar-refractivity contribution in [2.24, 2.45) is 5.92 Å². The summed E-state index contributed by atoms with van der Waals surface area (Å²) in [6, 6.07) is 15.0. The molecule has 27 heavy (non-hydrogen) atoms. The Bertz CT molecular complexity index is 1000. The number of hydrogen-bond acceptors (Lipinski definition) is 3. The number of oxazole rings is 1. The summed E-state index contributed by atoms with van der Waals surface area (Å²) in [5, 5.41) is 3.85. The molecule has 0 aliphatic heterocycles. The first kappa shape index (κ1) is 17.9. The smallest absolute Gasteiger partial charge is 0.408 e. The molecule has 1 aromatic heterocycles. The van der Waals surface area contributed by atoms with Crippen molar-refractivity contribution in [3.05, 3.63) is 69.7 Å². The quantitative estimate of drug-likeness (QED) is 0.660. The molecule has 0 saturated heterocycles. The number of aromatic nitrogens is 1. The van der Waals surface area contributed by atoms with Gasteiger partial charge in [0.05, 0.1) is 11.6 Å². The molecule has 1 fully saturated rings. The highest BCUT2D eigenvalue weighted by atomic mass is 35.5. The van der Waals surface area contributed by atoms with Crippen LogP contribution in [0.5, 0.6) is 0 Å². The predicted octanol–water partition coefficient (Wildman–Crippen LogP) is 4.30. The van der Waals surface area contributed by atoms with Crippen LogP contribution in [-0.2, 0) is 11.3 Å². The maximum atomic E-state index is 12.5. The van der Waals surface area contributed by atoms with Crippen LogP contribution in [0.15, 0.2) is 57.7 Å². The predicted molar refractivity (Wildman–Crippen MR) is 105 cm³/mol. The largest absolute Gasteiger partial charge is 0.419 e. The summed E-state index contributed by atoms with van der Waals surface area (Å²) in [5.74, 6) is 0.117. The van der Waals surface area contributed by atoms with E-state index in [-0.39, 0.29) is 17.7 Å². The molecule has 3 aromatic rings. The van der Waals surface area contributed by atoms with E-state index < -0.39 is 0 Å². The first-order valence-corrected chi connectivity index (χ1v) is 9.63. The Morgan fingerprint density at radius 2 is 1.93 bits per heavy atom. The lowest BCUT2D eigenvalue weighted by atomic mass is 10.0. The number of para-hydroxylation sites is 2. The van der Waals surface area contributed by atoms with Crippen molar-refractivity contribution < 1.29 is 9.21 Å². The first-order valence-electron chi connectivity index (χ1n) is 9.25. The summed E-state index contributed by atoms with van der Waals surface area (Å²) in [6.07, 6.45) is 3.20. The second-order valence-electron chi connectivity index (χ2n) is 7.03. The van der Waals surface area contributed by atoms with E-state index >= 15 is 0 Å². The molecule has 1 atom stereocenters. The molecule has 1 N–H and O–H groups in total. The molecule has 1 saturated carbocycles. The fourth-order valence-electron chi connectivity index (χ4n) is 3.44. The van der Waals surface area contributed by atoms with Gasteiger partial charge in [-0.05, 0) is 55.0 Å². The molecule has 0 spiro atoms. The fraction of sp³-hybridized carbons (Fsp3) is 0.333. The molecular weight excluding hydrogens is 364 g/mol. The lowest BCUT2D eigenvalue weighted by molar-refractivity contribution is -0.122. The molecule has 1 aliphatic carbocycles. The van der Waals surface area contributed by atoms with Gasteiger partial charge >= 0.3 is 5.76 Å². The molecule has 2 aromatic carbocycles. The summed E-state index contributed by atoms with van der Waals surface area (Å²) in [4.78, 5) is 24.4. The van der Waals surface area contributed by atoms with E-state index in [1.54, 1.807) is 10.6 Å². The van der Waals surface area contributed by atoms with Gasteiger partial charge in [-0.15, -0.1) is 0 Å². The summed E-state index contributed by atoms with van der Waals surface area (Å²) in [7, 11) is 0. The van der Waals surface area contributed by atoms with Crippen LogP contribution in [0.4, 0.5) is 0 Å². The number of amides is 1. The van der Waals surface area contributed by atoms with Gasteiger partial charge in [0.25, 0.3) is 0 Å². The van der Waals surface area contributed by atoms with Crippen molar-refractivity contribution in [1.82, 2.24) is 9.88 Å². The molecule has 0 bridgehead atoms. The van der Waals surface area contributed by atoms with Gasteiger partial charge in [0, 0.05) is 18.0 Å². The average Bonchev–Trinajstić information content (AvgIpc) is 3.45. The first-order chi connectivity index (χ1) is 13.1. The van der Waals surface area contributed by atoms with E-state index in [9.17, 15) is 9.59 Å². The highest BCUT2D eigenvalue weighted by Crippen LogP contribution is 2.41. The van der Waals surface area contributed by atoms with Crippen LogP contribution in [0.1, 0.15) is 37.3 Å². The zero-order valence-corrected chi connectivity index (χ0v) is 15.6. The van der Waals surface area contributed by atoms with E-state index in [0.29, 0.717) is 35.9 Å². The number of carbonyl (C=O) groups is 1. The number of aryl methyl sites for hydroxylation is 1. The Balaban J connectivity index is 1.36. The molecule has 5 nitrogen and oxygen atoms in total. The van der Waals surface area contributed by atoms with Crippen molar-refractivity contribution in [2.75, 3.05) is 0 Å². The van der Waals surface area contributed by atoms with Crippen LogP contribution in [0.2, 0.25) is 5.02 Å². The number of nitrogens with zero attached hydrogens (tertiary/aromatic N) is 1. The van der Waals surface area contributed by atoms with Crippen LogP contribution in [0.3, 0.4) is 0 Å². The van der Waals surface area contributed by atoms with E-state index in [2.05, 4.69) is 5.32 Å². The molecule has 1 aliphatic rings. The molecular formula is C21H21ClN2O3. The van der Waals surface area contributed by atoms with Gasteiger partial charge in [-0.25, -0.2) is 4.79 Å². The van der Waals surface area contributed by atoms with Gasteiger partial charge in [-0.3, -0.25) is 9.36 Å². The van der Waals surface area contributed by atoms with E-state index in [4.69, 9.17) is 16.0 Å². The summed E-state index contributed by atoms with van der Waals surface area (Å²) in [6.45, 7) is 0.457. The number of nitrogens with one attached hydrogen (secondary N) is 1. The van der Waals surface area contributed by atoms with Crippen molar-refractivity contribution >= 4 is 28.6 Å². The van der Waals surface area contributed by atoms with Crippen LogP contribution >= 0.6 is 11.6 Å². The van der Waals surface area contributed by atoms with E-state index in [0.717, 1.165) is 23.9 Å². The fourth-order valence-corrected chi connectivity index (χ4v) is 3.57. The standard InChI is InChI=1S/C21H21ClN2O3/c22-16-11-9-15(10-12-16)20(14-7-8-14)23-19(25)6-3-13-24-17-4-1-2-5-18(17)27-21(24)26/h1-2,4-5,9-12,14,20H,3,6-8,13H2,(H,23,25). The van der Waals surface area contributed by atoms with E-state index in [1.165, 1.54) is 0 Å². The van der Waals surface area contributed by atoms with Crippen molar-refractivity contribution in [2.45, 2.75) is 38.3 Å². The third-order valence-corrected chi connectivity index (χ3v) is 5.25. The van der Waals surface area contributed by atoms with E-state index in [1.807, 2.05) is 42.5 Å². The molecule has 1 amide bonds. The van der Waals surface area contributed by atoms with Crippen LogP contribution < -0.4 is 11.1 Å². The zero-order valence-electron chi connectivity index (χ0n) is 14.9. The molecule has 6 heteroatoms. The minimum Gasteiger partial charge on any atom is -0.408 e. The lowest BCUT2D eigenvalue weighted by Crippen LogP contribution is -2.30. The van der Waals surface area contributed by atoms with Crippen LogP contribution in [0.25, 0.3) is 11.1 Å². The molecule has 140 valence electrons. The minimum atomic E-state index is -0.381. The number of carbonyl (C=O) groups excluding carboxylic acids is 1. The third kappa shape index (κ3) is 4.08. The Kier molecular flexibility index (Phi) is 5.03. The number of benzene rings is 2. The van der Waals surface area contributed by atoms with Gasteiger partial charge < -0.3 is 9.73 Å². The minimum absolute atomic E-state index is 0.00250. The van der Waals surface area contributed by atoms with Gasteiger partial charge in [0.2, 0.25) is 5.91 Å². The Labute approximate surface area is 161 Å². The van der Waals surface area contributed by atoms with Gasteiger partial charge in [0.15, 0.2) is 5.58 Å². The zero-order chi connectivity index (χ0) is 18.8. The number of rotatable bonds is 7. The van der Waals surface area contributed by atoms with Crippen LogP contribution in [-0.4, -0.2) is 10.5 Å². The Morgan fingerprint density at radius 1 is 1.19 bits per heavy atom. The second kappa shape index (κ2) is 7.61. The summed E-state index contributed by atoms with van der Waals surface area (Å²) < 4.78 is 6.81. The topological polar surface area (TPSA) is 64.2 Å². The number of hydrogen-bond donors (Lipinski definition) is 1. The van der Waals surface area contributed by atoms with Gasteiger partial charge in [0.1, 0.15) is 0 Å². The maximum absolute atomic E-state index is 12.5. The van der Waals surface area contributed by atoms with Crippen molar-refractivity contribution in [3.63, 3.8) is 0 Å². The molecule has 0 radical (unpaired) electrons. The van der Waals surface area contributed by atoms with Crippen molar-refractivity contribution in [1.29, 1.82) is 0 Å². The number of fused-ring (bicyclic) bond motifs is 1. The molecule has 1 heterocycles. The maximum Gasteiger partial charge on any atom is 0.419 e. The monoisotopic (exact) mass is 384 g/mol. The summed E-state index contributed by atoms with van der Waals surface area (Å²) in [5.41, 5.74) is 2.43. The second-order valence-corrected chi connectivity index (χ2v) is 7.46. The van der Waals surface area contributed by atoms with Gasteiger partial charge in [-0.2, -0.15) is 0 Å². The number of halogens is 1. The highest BCUT2D eigenvalue weighted by molar-refractivity contribution is 6.30. The van der Waals surface area contributed by atoms with Gasteiger partial charge in [-0.1, -0.05) is 35.9 Å². The Morgan fingerprint density at radius 3 is 2.67 bits per heavy atom. The van der Waals surface area contributed by atoms with Crippen LogP contribution in [0, 0.1) is 5.92 Å². The normalized spacial score (nSPS) is 15.0. The summed E-state index contributed by atoms with van der Waals surface area (Å²) >= 11 is 5.97.